The predicted octanol–water partition coefficient (Wildman–Crippen LogP) is 5.47. The number of ether oxygens (including phenoxy) is 1. The summed E-state index contributed by atoms with van der Waals surface area (Å²) in [6.07, 6.45) is 9.59. The van der Waals surface area contributed by atoms with Gasteiger partial charge in [-0.2, -0.15) is 0 Å². The molecule has 3 rings (SSSR count). The van der Waals surface area contributed by atoms with Crippen molar-refractivity contribution in [2.45, 2.75) is 51.4 Å². The quantitative estimate of drug-likeness (QED) is 0.601. The second kappa shape index (κ2) is 8.72. The van der Waals surface area contributed by atoms with E-state index in [0.717, 1.165) is 29.1 Å². The molecular weight excluding hydrogens is 330 g/mol. The molecule has 0 saturated carbocycles. The van der Waals surface area contributed by atoms with Crippen molar-refractivity contribution in [3.8, 4) is 0 Å². The molecule has 1 aliphatic carbocycles. The maximum Gasteiger partial charge on any atom is 0.116 e. The Balaban J connectivity index is 1.69. The Morgan fingerprint density at radius 1 is 1.32 bits per heavy atom. The average molecular weight is 356 g/mol. The first-order chi connectivity index (χ1) is 12.1. The van der Waals surface area contributed by atoms with Crippen LogP contribution in [0.25, 0.3) is 0 Å². The van der Waals surface area contributed by atoms with Gasteiger partial charge in [-0.1, -0.05) is 41.3 Å². The standard InChI is InChI=1S/C22H26ClNO/c1-17-7-6-15-24(17)16-14-18(2)25-22(19-8-4-3-5-9-19)20-10-12-21(23)13-11-20/h3-4,8,10-13,17-18,22H,6-7,14-16H2,1-2H3/t17?,18?,22-/m1/s1. The number of hydrogen-bond acceptors (Lipinski definition) is 2. The van der Waals surface area contributed by atoms with Crippen LogP contribution in [0.15, 0.2) is 59.5 Å². The Hall–Kier alpha value is -1.53. The molecule has 0 N–H and O–H groups in total. The number of rotatable bonds is 7. The van der Waals surface area contributed by atoms with Crippen LogP contribution >= 0.6 is 11.6 Å². The van der Waals surface area contributed by atoms with Gasteiger partial charge in [0.25, 0.3) is 0 Å². The van der Waals surface area contributed by atoms with E-state index in [1.807, 2.05) is 42.5 Å². The van der Waals surface area contributed by atoms with Gasteiger partial charge in [0, 0.05) is 23.2 Å². The lowest BCUT2D eigenvalue weighted by atomic mass is 10.00. The van der Waals surface area contributed by atoms with Crippen molar-refractivity contribution in [3.05, 3.63) is 70.1 Å². The summed E-state index contributed by atoms with van der Waals surface area (Å²) in [5.41, 5.74) is 8.34. The average Bonchev–Trinajstić information content (AvgIpc) is 3.04. The molecule has 1 saturated heterocycles. The Morgan fingerprint density at radius 2 is 2.12 bits per heavy atom. The van der Waals surface area contributed by atoms with Gasteiger partial charge in [-0.3, -0.25) is 0 Å². The van der Waals surface area contributed by atoms with Crippen LogP contribution in [0.1, 0.15) is 44.8 Å². The van der Waals surface area contributed by atoms with Crippen molar-refractivity contribution < 1.29 is 4.74 Å². The fraction of sp³-hybridized carbons (Fsp3) is 0.455. The molecular formula is C22H26ClNO. The number of halogens is 1. The van der Waals surface area contributed by atoms with Crippen LogP contribution < -0.4 is 0 Å². The predicted molar refractivity (Wildman–Crippen MR) is 104 cm³/mol. The first kappa shape index (κ1) is 18.3. The van der Waals surface area contributed by atoms with E-state index >= 15 is 0 Å². The van der Waals surface area contributed by atoms with Crippen LogP contribution in [0.4, 0.5) is 0 Å². The molecule has 0 bridgehead atoms. The molecule has 1 aliphatic heterocycles. The monoisotopic (exact) mass is 355 g/mol. The van der Waals surface area contributed by atoms with Crippen molar-refractivity contribution in [3.63, 3.8) is 0 Å². The van der Waals surface area contributed by atoms with Crippen LogP contribution in [0.5, 0.6) is 0 Å². The SMILES string of the molecule is CC(CCN1CCCC1C)O[C@H](C1=C=C=CC=C1)c1ccc(Cl)cc1. The summed E-state index contributed by atoms with van der Waals surface area (Å²) in [5, 5.41) is 0.738. The number of hydrogen-bond donors (Lipinski definition) is 0. The van der Waals surface area contributed by atoms with E-state index in [-0.39, 0.29) is 12.2 Å². The van der Waals surface area contributed by atoms with E-state index in [4.69, 9.17) is 16.3 Å². The number of allylic oxidation sites excluding steroid dienone is 2. The van der Waals surface area contributed by atoms with Crippen LogP contribution in [0.3, 0.4) is 0 Å². The molecule has 0 amide bonds. The molecule has 3 heteroatoms. The largest absolute Gasteiger partial charge is 0.365 e. The van der Waals surface area contributed by atoms with E-state index in [1.54, 1.807) is 0 Å². The summed E-state index contributed by atoms with van der Waals surface area (Å²) in [7, 11) is 0. The number of likely N-dealkylation sites (tertiary alicyclic amines) is 1. The molecule has 2 nitrogen and oxygen atoms in total. The van der Waals surface area contributed by atoms with Crippen LogP contribution in [0, 0.1) is 0 Å². The van der Waals surface area contributed by atoms with Gasteiger partial charge < -0.3 is 9.64 Å². The highest BCUT2D eigenvalue weighted by Gasteiger charge is 2.23. The molecule has 3 atom stereocenters. The third-order valence-electron chi connectivity index (χ3n) is 5.01. The van der Waals surface area contributed by atoms with Crippen molar-refractivity contribution in [1.29, 1.82) is 0 Å². The van der Waals surface area contributed by atoms with Gasteiger partial charge in [-0.25, -0.2) is 0 Å². The summed E-state index contributed by atoms with van der Waals surface area (Å²) in [5.74, 6) is 0. The summed E-state index contributed by atoms with van der Waals surface area (Å²) in [4.78, 5) is 2.57. The fourth-order valence-electron chi connectivity index (χ4n) is 3.46. The van der Waals surface area contributed by atoms with E-state index in [9.17, 15) is 0 Å². The lowest BCUT2D eigenvalue weighted by Crippen LogP contribution is -2.30. The zero-order chi connectivity index (χ0) is 17.6. The van der Waals surface area contributed by atoms with Crippen LogP contribution in [0.2, 0.25) is 5.02 Å². The maximum absolute atomic E-state index is 6.44. The zero-order valence-corrected chi connectivity index (χ0v) is 15.8. The molecule has 1 heterocycles. The van der Waals surface area contributed by atoms with E-state index in [2.05, 4.69) is 30.2 Å². The molecule has 1 fully saturated rings. The van der Waals surface area contributed by atoms with Gasteiger partial charge in [-0.15, -0.1) is 0 Å². The fourth-order valence-corrected chi connectivity index (χ4v) is 3.59. The molecule has 2 unspecified atom stereocenters. The molecule has 2 aliphatic rings. The van der Waals surface area contributed by atoms with E-state index < -0.39 is 0 Å². The highest BCUT2D eigenvalue weighted by atomic mass is 35.5. The minimum Gasteiger partial charge on any atom is -0.365 e. The van der Waals surface area contributed by atoms with Gasteiger partial charge in [0.05, 0.1) is 6.10 Å². The molecule has 132 valence electrons. The van der Waals surface area contributed by atoms with Gasteiger partial charge in [0.2, 0.25) is 0 Å². The second-order valence-corrected chi connectivity index (χ2v) is 7.38. The first-order valence-corrected chi connectivity index (χ1v) is 9.54. The molecule has 0 spiro atoms. The summed E-state index contributed by atoms with van der Waals surface area (Å²) >= 11 is 6.04. The first-order valence-electron chi connectivity index (χ1n) is 9.16. The molecule has 25 heavy (non-hydrogen) atoms. The highest BCUT2D eigenvalue weighted by Crippen LogP contribution is 2.30. The minimum atomic E-state index is -0.138. The van der Waals surface area contributed by atoms with Gasteiger partial charge >= 0.3 is 0 Å². The normalized spacial score (nSPS) is 22.2. The molecule has 1 aromatic rings. The van der Waals surface area contributed by atoms with Crippen LogP contribution in [-0.2, 0) is 4.74 Å². The van der Waals surface area contributed by atoms with Crippen molar-refractivity contribution in [2.75, 3.05) is 13.1 Å². The highest BCUT2D eigenvalue weighted by molar-refractivity contribution is 6.30. The smallest absolute Gasteiger partial charge is 0.116 e. The Kier molecular flexibility index (Phi) is 6.37. The molecule has 1 aromatic carbocycles. The lowest BCUT2D eigenvalue weighted by molar-refractivity contribution is 0.00869. The maximum atomic E-state index is 6.44. The summed E-state index contributed by atoms with van der Waals surface area (Å²) in [6.45, 7) is 6.80. The minimum absolute atomic E-state index is 0.138. The summed E-state index contributed by atoms with van der Waals surface area (Å²) in [6, 6.07) is 8.59. The van der Waals surface area contributed by atoms with E-state index in [1.165, 1.54) is 19.4 Å². The summed E-state index contributed by atoms with van der Waals surface area (Å²) < 4.78 is 6.44. The van der Waals surface area contributed by atoms with Gasteiger partial charge in [-0.05, 0) is 69.5 Å². The Labute approximate surface area is 156 Å². The van der Waals surface area contributed by atoms with Crippen molar-refractivity contribution in [1.82, 2.24) is 4.90 Å². The van der Waals surface area contributed by atoms with Crippen molar-refractivity contribution >= 4 is 11.6 Å². The van der Waals surface area contributed by atoms with Gasteiger partial charge in [0.1, 0.15) is 6.10 Å². The van der Waals surface area contributed by atoms with Gasteiger partial charge in [0.15, 0.2) is 0 Å². The Morgan fingerprint density at radius 3 is 2.76 bits per heavy atom. The number of benzene rings is 1. The van der Waals surface area contributed by atoms with E-state index in [0.29, 0.717) is 6.04 Å². The molecule has 0 radical (unpaired) electrons. The lowest BCUT2D eigenvalue weighted by Gasteiger charge is -2.26. The Bertz CT molecular complexity index is 708. The topological polar surface area (TPSA) is 12.5 Å². The second-order valence-electron chi connectivity index (χ2n) is 6.94. The van der Waals surface area contributed by atoms with Crippen molar-refractivity contribution in [2.24, 2.45) is 0 Å². The third-order valence-corrected chi connectivity index (χ3v) is 5.26. The third kappa shape index (κ3) is 4.98. The van der Waals surface area contributed by atoms with Crippen LogP contribution in [-0.4, -0.2) is 30.1 Å². The number of nitrogens with zero attached hydrogens (tertiary/aromatic N) is 1. The molecule has 0 aromatic heterocycles. The zero-order valence-electron chi connectivity index (χ0n) is 15.0.